The van der Waals surface area contributed by atoms with Gasteiger partial charge in [-0.25, -0.2) is 4.79 Å². The van der Waals surface area contributed by atoms with Crippen LogP contribution in [-0.2, 0) is 11.3 Å². The third-order valence-electron chi connectivity index (χ3n) is 3.03. The lowest BCUT2D eigenvalue weighted by Gasteiger charge is -2.24. The lowest BCUT2D eigenvalue weighted by molar-refractivity contribution is -0.137. The molecule has 0 saturated carbocycles. The van der Waals surface area contributed by atoms with Crippen LogP contribution in [0.4, 0.5) is 4.79 Å². The maximum absolute atomic E-state index is 12.1. The Hall–Kier alpha value is -2.11. The predicted molar refractivity (Wildman–Crippen MR) is 75.2 cm³/mol. The number of pyridine rings is 1. The zero-order valence-corrected chi connectivity index (χ0v) is 11.9. The first kappa shape index (κ1) is 15.9. The minimum Gasteiger partial charge on any atom is -0.481 e. The molecule has 2 amide bonds. The molecule has 1 aromatic heterocycles. The minimum atomic E-state index is -0.908. The van der Waals surface area contributed by atoms with E-state index in [0.29, 0.717) is 19.5 Å². The Bertz CT molecular complexity index is 437. The molecule has 1 unspecified atom stereocenters. The number of hydrogen-bond donors (Lipinski definition) is 2. The lowest BCUT2D eigenvalue weighted by atomic mass is 10.1. The average Bonchev–Trinajstić information content (AvgIpc) is 2.44. The number of aliphatic carboxylic acids is 1. The molecule has 0 aliphatic carbocycles. The van der Waals surface area contributed by atoms with Crippen molar-refractivity contribution >= 4 is 12.0 Å². The number of rotatable bonds is 7. The molecule has 0 aromatic carbocycles. The van der Waals surface area contributed by atoms with Crippen LogP contribution in [0.25, 0.3) is 0 Å². The highest BCUT2D eigenvalue weighted by Crippen LogP contribution is 2.05. The Morgan fingerprint density at radius 2 is 2.00 bits per heavy atom. The van der Waals surface area contributed by atoms with Crippen LogP contribution in [0.3, 0.4) is 0 Å². The molecular weight excluding hydrogens is 258 g/mol. The average molecular weight is 279 g/mol. The summed E-state index contributed by atoms with van der Waals surface area (Å²) in [6.45, 7) is 4.78. The molecular formula is C14H21N3O3. The molecule has 1 aromatic rings. The molecule has 1 atom stereocenters. The maximum Gasteiger partial charge on any atom is 0.317 e. The largest absolute Gasteiger partial charge is 0.481 e. The Balaban J connectivity index is 2.60. The fourth-order valence-corrected chi connectivity index (χ4v) is 1.81. The van der Waals surface area contributed by atoms with Crippen LogP contribution in [0.15, 0.2) is 24.5 Å². The van der Waals surface area contributed by atoms with Gasteiger partial charge in [-0.2, -0.15) is 0 Å². The first-order valence-electron chi connectivity index (χ1n) is 6.72. The zero-order chi connectivity index (χ0) is 15.0. The normalized spacial score (nSPS) is 11.7. The van der Waals surface area contributed by atoms with Gasteiger partial charge < -0.3 is 15.3 Å². The summed E-state index contributed by atoms with van der Waals surface area (Å²) < 4.78 is 0. The quantitative estimate of drug-likeness (QED) is 0.798. The number of aromatic nitrogens is 1. The number of nitrogens with one attached hydrogen (secondary N) is 1. The molecule has 2 N–H and O–H groups in total. The third-order valence-corrected chi connectivity index (χ3v) is 3.03. The summed E-state index contributed by atoms with van der Waals surface area (Å²) in [5.41, 5.74) is 0.989. The number of carboxylic acids is 1. The number of hydrogen-bond acceptors (Lipinski definition) is 3. The van der Waals surface area contributed by atoms with Crippen molar-refractivity contribution in [3.05, 3.63) is 30.1 Å². The number of amides is 2. The first-order valence-corrected chi connectivity index (χ1v) is 6.72. The van der Waals surface area contributed by atoms with E-state index in [1.54, 1.807) is 17.3 Å². The molecule has 110 valence electrons. The fraction of sp³-hybridized carbons (Fsp3) is 0.500. The van der Waals surface area contributed by atoms with E-state index in [-0.39, 0.29) is 18.5 Å². The van der Waals surface area contributed by atoms with Gasteiger partial charge in [0.1, 0.15) is 0 Å². The second-order valence-electron chi connectivity index (χ2n) is 4.52. The highest BCUT2D eigenvalue weighted by atomic mass is 16.4. The van der Waals surface area contributed by atoms with Gasteiger partial charge in [-0.1, -0.05) is 6.92 Å². The van der Waals surface area contributed by atoms with Crippen molar-refractivity contribution in [1.82, 2.24) is 15.2 Å². The molecule has 0 aliphatic rings. The van der Waals surface area contributed by atoms with E-state index in [2.05, 4.69) is 10.3 Å². The van der Waals surface area contributed by atoms with Gasteiger partial charge in [0.15, 0.2) is 0 Å². The van der Waals surface area contributed by atoms with Crippen LogP contribution in [0, 0.1) is 0 Å². The summed E-state index contributed by atoms with van der Waals surface area (Å²) in [5.74, 6) is -0.908. The van der Waals surface area contributed by atoms with Gasteiger partial charge in [0.2, 0.25) is 0 Å². The molecule has 0 radical (unpaired) electrons. The van der Waals surface area contributed by atoms with Gasteiger partial charge in [-0.15, -0.1) is 0 Å². The molecule has 0 bridgehead atoms. The summed E-state index contributed by atoms with van der Waals surface area (Å²) in [6.07, 6.45) is 3.89. The second-order valence-corrected chi connectivity index (χ2v) is 4.52. The van der Waals surface area contributed by atoms with Crippen molar-refractivity contribution in [2.75, 3.05) is 6.54 Å². The van der Waals surface area contributed by atoms with Crippen LogP contribution in [-0.4, -0.2) is 39.6 Å². The van der Waals surface area contributed by atoms with Crippen LogP contribution in [0.2, 0.25) is 0 Å². The van der Waals surface area contributed by atoms with Gasteiger partial charge >= 0.3 is 12.0 Å². The topological polar surface area (TPSA) is 82.5 Å². The first-order chi connectivity index (χ1) is 9.56. The van der Waals surface area contributed by atoms with Crippen LogP contribution >= 0.6 is 0 Å². The molecule has 6 heteroatoms. The van der Waals surface area contributed by atoms with Crippen molar-refractivity contribution < 1.29 is 14.7 Å². The van der Waals surface area contributed by atoms with Crippen molar-refractivity contribution in [2.45, 2.75) is 39.3 Å². The van der Waals surface area contributed by atoms with E-state index in [1.165, 1.54) is 0 Å². The SMILES string of the molecule is CCC(CC(=O)O)NC(=O)N(CC)Cc1ccncc1. The fourth-order valence-electron chi connectivity index (χ4n) is 1.81. The van der Waals surface area contributed by atoms with Crippen LogP contribution < -0.4 is 5.32 Å². The Morgan fingerprint density at radius 1 is 1.35 bits per heavy atom. The number of nitrogens with zero attached hydrogens (tertiary/aromatic N) is 2. The van der Waals surface area contributed by atoms with E-state index < -0.39 is 5.97 Å². The standard InChI is InChI=1S/C14H21N3O3/c1-3-12(9-13(18)19)16-14(20)17(4-2)10-11-5-7-15-8-6-11/h5-8,12H,3-4,9-10H2,1-2H3,(H,16,20)(H,18,19). The van der Waals surface area contributed by atoms with Gasteiger partial charge in [-0.05, 0) is 31.0 Å². The van der Waals surface area contributed by atoms with E-state index >= 15 is 0 Å². The lowest BCUT2D eigenvalue weighted by Crippen LogP contribution is -2.45. The monoisotopic (exact) mass is 279 g/mol. The number of carbonyl (C=O) groups is 2. The smallest absolute Gasteiger partial charge is 0.317 e. The summed E-state index contributed by atoms with van der Waals surface area (Å²) in [7, 11) is 0. The van der Waals surface area contributed by atoms with E-state index in [9.17, 15) is 9.59 Å². The van der Waals surface area contributed by atoms with Gasteiger partial charge in [0.05, 0.1) is 6.42 Å². The molecule has 1 heterocycles. The number of carboxylic acid groups (broad SMARTS) is 1. The Kier molecular flexibility index (Phi) is 6.49. The van der Waals surface area contributed by atoms with Crippen molar-refractivity contribution in [1.29, 1.82) is 0 Å². The molecule has 6 nitrogen and oxygen atoms in total. The molecule has 0 saturated heterocycles. The molecule has 0 spiro atoms. The van der Waals surface area contributed by atoms with Crippen molar-refractivity contribution in [3.8, 4) is 0 Å². The van der Waals surface area contributed by atoms with Crippen LogP contribution in [0.1, 0.15) is 32.3 Å². The summed E-state index contributed by atoms with van der Waals surface area (Å²) in [5, 5.41) is 11.5. The number of urea groups is 1. The van der Waals surface area contributed by atoms with E-state index in [0.717, 1.165) is 5.56 Å². The van der Waals surface area contributed by atoms with E-state index in [1.807, 2.05) is 26.0 Å². The summed E-state index contributed by atoms with van der Waals surface area (Å²) >= 11 is 0. The highest BCUT2D eigenvalue weighted by molar-refractivity contribution is 5.75. The minimum absolute atomic E-state index is 0.0605. The molecule has 0 aliphatic heterocycles. The van der Waals surface area contributed by atoms with Crippen LogP contribution in [0.5, 0.6) is 0 Å². The molecule has 20 heavy (non-hydrogen) atoms. The third kappa shape index (κ3) is 5.26. The Labute approximate surface area is 118 Å². The van der Waals surface area contributed by atoms with E-state index in [4.69, 9.17) is 5.11 Å². The Morgan fingerprint density at radius 3 is 2.50 bits per heavy atom. The van der Waals surface area contributed by atoms with Crippen molar-refractivity contribution in [3.63, 3.8) is 0 Å². The maximum atomic E-state index is 12.1. The summed E-state index contributed by atoms with van der Waals surface area (Å²) in [4.78, 5) is 28.4. The summed E-state index contributed by atoms with van der Waals surface area (Å²) in [6, 6.07) is 3.12. The molecule has 0 fully saturated rings. The van der Waals surface area contributed by atoms with Gasteiger partial charge in [-0.3, -0.25) is 9.78 Å². The van der Waals surface area contributed by atoms with Crippen molar-refractivity contribution in [2.24, 2.45) is 0 Å². The number of carbonyl (C=O) groups excluding carboxylic acids is 1. The predicted octanol–water partition coefficient (Wildman–Crippen LogP) is 1.87. The second kappa shape index (κ2) is 8.14. The zero-order valence-electron chi connectivity index (χ0n) is 11.9. The van der Waals surface area contributed by atoms with Gasteiger partial charge in [0, 0.05) is 31.5 Å². The molecule has 1 rings (SSSR count). The van der Waals surface area contributed by atoms with Gasteiger partial charge in [0.25, 0.3) is 0 Å². The highest BCUT2D eigenvalue weighted by Gasteiger charge is 2.18.